The van der Waals surface area contributed by atoms with Gasteiger partial charge in [-0.2, -0.15) is 12.7 Å². The standard InChI is InChI=1S/C11H16Cl3NO6S/c1-7(16)10(2)5-4-8(20-3)15(9(10)17)22(18,19)21-6-11(12,13)14/h8H,4-6H2,1-3H3/t8-,10+/m1/s1. The lowest BCUT2D eigenvalue weighted by atomic mass is 9.78. The Morgan fingerprint density at radius 3 is 2.41 bits per heavy atom. The van der Waals surface area contributed by atoms with Crippen molar-refractivity contribution in [2.45, 2.75) is 36.7 Å². The second-order valence-corrected chi connectivity index (χ2v) is 9.05. The molecule has 128 valence electrons. The lowest BCUT2D eigenvalue weighted by Gasteiger charge is -2.40. The second kappa shape index (κ2) is 6.78. The average Bonchev–Trinajstić information content (AvgIpc) is 2.38. The van der Waals surface area contributed by atoms with E-state index in [1.165, 1.54) is 21.0 Å². The highest BCUT2D eigenvalue weighted by Gasteiger charge is 2.52. The van der Waals surface area contributed by atoms with E-state index >= 15 is 0 Å². The van der Waals surface area contributed by atoms with Crippen LogP contribution in [-0.2, 0) is 28.8 Å². The van der Waals surface area contributed by atoms with Crippen molar-refractivity contribution in [3.63, 3.8) is 0 Å². The first-order valence-electron chi connectivity index (χ1n) is 6.19. The van der Waals surface area contributed by atoms with Gasteiger partial charge in [0.05, 0.1) is 0 Å². The number of nitrogens with zero attached hydrogens (tertiary/aromatic N) is 1. The summed E-state index contributed by atoms with van der Waals surface area (Å²) in [6, 6.07) is 0. The van der Waals surface area contributed by atoms with E-state index < -0.39 is 44.0 Å². The molecular formula is C11H16Cl3NO6S. The number of carbonyl (C=O) groups is 2. The van der Waals surface area contributed by atoms with Gasteiger partial charge in [0.15, 0.2) is 0 Å². The Morgan fingerprint density at radius 1 is 1.45 bits per heavy atom. The van der Waals surface area contributed by atoms with E-state index in [1.54, 1.807) is 0 Å². The first-order valence-corrected chi connectivity index (χ1v) is 8.69. The lowest BCUT2D eigenvalue weighted by Crippen LogP contribution is -2.58. The number of ether oxygens (including phenoxy) is 1. The van der Waals surface area contributed by atoms with Crippen molar-refractivity contribution in [1.29, 1.82) is 0 Å². The Morgan fingerprint density at radius 2 is 2.00 bits per heavy atom. The van der Waals surface area contributed by atoms with Gasteiger partial charge in [0.2, 0.25) is 3.79 Å². The summed E-state index contributed by atoms with van der Waals surface area (Å²) >= 11 is 16.3. The second-order valence-electron chi connectivity index (χ2n) is 5.05. The molecule has 1 aliphatic heterocycles. The van der Waals surface area contributed by atoms with Gasteiger partial charge in [-0.15, -0.1) is 0 Å². The highest BCUT2D eigenvalue weighted by Crippen LogP contribution is 2.37. The normalized spacial score (nSPS) is 27.1. The average molecular weight is 397 g/mol. The Kier molecular flexibility index (Phi) is 6.14. The number of rotatable bonds is 5. The molecule has 0 bridgehead atoms. The molecule has 0 N–H and O–H groups in total. The van der Waals surface area contributed by atoms with Gasteiger partial charge in [-0.3, -0.25) is 9.59 Å². The van der Waals surface area contributed by atoms with E-state index in [1.807, 2.05) is 0 Å². The van der Waals surface area contributed by atoms with Gasteiger partial charge in [-0.1, -0.05) is 34.8 Å². The molecule has 0 spiro atoms. The molecule has 0 radical (unpaired) electrons. The Balaban J connectivity index is 3.15. The van der Waals surface area contributed by atoms with E-state index in [0.29, 0.717) is 4.31 Å². The maximum atomic E-state index is 12.5. The summed E-state index contributed by atoms with van der Waals surface area (Å²) in [6.45, 7) is 1.82. The summed E-state index contributed by atoms with van der Waals surface area (Å²) in [5, 5.41) is 0. The molecule has 7 nitrogen and oxygen atoms in total. The Hall–Kier alpha value is -0.120. The first kappa shape index (κ1) is 19.9. The van der Waals surface area contributed by atoms with Gasteiger partial charge in [0.25, 0.3) is 5.91 Å². The van der Waals surface area contributed by atoms with Crippen LogP contribution in [0.4, 0.5) is 0 Å². The summed E-state index contributed by atoms with van der Waals surface area (Å²) in [7, 11) is -3.34. The number of hydrogen-bond acceptors (Lipinski definition) is 6. The summed E-state index contributed by atoms with van der Waals surface area (Å²) in [5.74, 6) is -1.38. The van der Waals surface area contributed by atoms with Crippen molar-refractivity contribution in [2.24, 2.45) is 5.41 Å². The van der Waals surface area contributed by atoms with E-state index in [9.17, 15) is 18.0 Å². The number of amides is 1. The fourth-order valence-corrected chi connectivity index (χ4v) is 3.68. The number of piperidine rings is 1. The summed E-state index contributed by atoms with van der Waals surface area (Å²) in [5.41, 5.74) is -1.47. The molecule has 1 aliphatic rings. The number of Topliss-reactive ketones (excluding diaryl/α,β-unsaturated/α-hetero) is 1. The summed E-state index contributed by atoms with van der Waals surface area (Å²) < 4.78 is 32.5. The minimum Gasteiger partial charge on any atom is -0.360 e. The number of ketones is 1. The molecule has 0 unspecified atom stereocenters. The molecule has 22 heavy (non-hydrogen) atoms. The molecule has 0 saturated carbocycles. The van der Waals surface area contributed by atoms with Crippen LogP contribution in [0.2, 0.25) is 0 Å². The molecule has 0 aromatic carbocycles. The van der Waals surface area contributed by atoms with Crippen LogP contribution in [0.1, 0.15) is 26.7 Å². The molecule has 0 aromatic heterocycles. The van der Waals surface area contributed by atoms with Gasteiger partial charge in [-0.05, 0) is 26.7 Å². The summed E-state index contributed by atoms with van der Waals surface area (Å²) in [4.78, 5) is 24.2. The van der Waals surface area contributed by atoms with Gasteiger partial charge < -0.3 is 4.74 Å². The SMILES string of the molecule is CO[C@@H]1CC[C@@](C)(C(C)=O)C(=O)N1S(=O)(=O)OCC(Cl)(Cl)Cl. The van der Waals surface area contributed by atoms with Crippen LogP contribution in [0.3, 0.4) is 0 Å². The monoisotopic (exact) mass is 395 g/mol. The molecule has 1 fully saturated rings. The maximum absolute atomic E-state index is 12.5. The minimum absolute atomic E-state index is 0.147. The third-order valence-electron chi connectivity index (χ3n) is 3.49. The van der Waals surface area contributed by atoms with Crippen LogP contribution in [0.15, 0.2) is 0 Å². The van der Waals surface area contributed by atoms with Crippen LogP contribution < -0.4 is 0 Å². The van der Waals surface area contributed by atoms with Crippen molar-refractivity contribution < 1.29 is 26.9 Å². The highest BCUT2D eigenvalue weighted by molar-refractivity contribution is 7.85. The number of carbonyl (C=O) groups excluding carboxylic acids is 2. The molecule has 1 rings (SSSR count). The van der Waals surface area contributed by atoms with Crippen molar-refractivity contribution in [3.05, 3.63) is 0 Å². The molecule has 1 saturated heterocycles. The van der Waals surface area contributed by atoms with E-state index in [0.717, 1.165) is 0 Å². The molecule has 1 heterocycles. The number of halogens is 3. The van der Waals surface area contributed by atoms with Gasteiger partial charge in [0.1, 0.15) is 24.0 Å². The number of methoxy groups -OCH3 is 1. The van der Waals surface area contributed by atoms with Crippen molar-refractivity contribution in [1.82, 2.24) is 4.31 Å². The van der Waals surface area contributed by atoms with Crippen LogP contribution >= 0.6 is 34.8 Å². The molecule has 0 aromatic rings. The zero-order chi connectivity index (χ0) is 17.3. The zero-order valence-electron chi connectivity index (χ0n) is 12.1. The van der Waals surface area contributed by atoms with Gasteiger partial charge in [0, 0.05) is 7.11 Å². The molecular weight excluding hydrogens is 381 g/mol. The smallest absolute Gasteiger partial charge is 0.360 e. The third-order valence-corrected chi connectivity index (χ3v) is 5.11. The minimum atomic E-state index is -4.58. The van der Waals surface area contributed by atoms with E-state index in [-0.39, 0.29) is 12.8 Å². The molecule has 1 amide bonds. The number of hydrogen-bond donors (Lipinski definition) is 0. The quantitative estimate of drug-likeness (QED) is 0.520. The molecule has 11 heteroatoms. The van der Waals surface area contributed by atoms with Crippen LogP contribution in [0.5, 0.6) is 0 Å². The highest BCUT2D eigenvalue weighted by atomic mass is 35.6. The fourth-order valence-electron chi connectivity index (χ4n) is 1.99. The van der Waals surface area contributed by atoms with Crippen molar-refractivity contribution in [2.75, 3.05) is 13.7 Å². The first-order chi connectivity index (χ1) is 9.85. The van der Waals surface area contributed by atoms with Crippen molar-refractivity contribution in [3.8, 4) is 0 Å². The van der Waals surface area contributed by atoms with Gasteiger partial charge >= 0.3 is 10.3 Å². The summed E-state index contributed by atoms with van der Waals surface area (Å²) in [6.07, 6.45) is -0.773. The predicted octanol–water partition coefficient (Wildman–Crippen LogP) is 1.81. The fraction of sp³-hybridized carbons (Fsp3) is 0.818. The van der Waals surface area contributed by atoms with Crippen LogP contribution in [-0.4, -0.2) is 48.2 Å². The zero-order valence-corrected chi connectivity index (χ0v) is 15.2. The van der Waals surface area contributed by atoms with E-state index in [2.05, 4.69) is 4.18 Å². The Labute approximate surface area is 144 Å². The topological polar surface area (TPSA) is 90.0 Å². The van der Waals surface area contributed by atoms with Crippen molar-refractivity contribution >= 4 is 56.8 Å². The Bertz CT molecular complexity index is 561. The van der Waals surface area contributed by atoms with Gasteiger partial charge in [-0.25, -0.2) is 4.18 Å². The number of alkyl halides is 3. The lowest BCUT2D eigenvalue weighted by molar-refractivity contribution is -0.158. The van der Waals surface area contributed by atoms with Crippen LogP contribution in [0.25, 0.3) is 0 Å². The molecule has 2 atom stereocenters. The predicted molar refractivity (Wildman–Crippen MR) is 80.8 cm³/mol. The maximum Gasteiger partial charge on any atom is 0.367 e. The van der Waals surface area contributed by atoms with E-state index in [4.69, 9.17) is 39.5 Å². The molecule has 0 aliphatic carbocycles. The third kappa shape index (κ3) is 4.24. The largest absolute Gasteiger partial charge is 0.367 e. The van der Waals surface area contributed by atoms with Crippen LogP contribution in [0, 0.1) is 5.41 Å².